The molecule has 0 aliphatic heterocycles. The molecule has 1 rings (SSSR count). The van der Waals surface area contributed by atoms with Gasteiger partial charge in [-0.05, 0) is 25.6 Å². The summed E-state index contributed by atoms with van der Waals surface area (Å²) in [6.45, 7) is 4.03. The van der Waals surface area contributed by atoms with Crippen molar-refractivity contribution in [1.29, 1.82) is 0 Å². The van der Waals surface area contributed by atoms with Crippen LogP contribution >= 0.6 is 0 Å². The minimum absolute atomic E-state index is 0.0313. The van der Waals surface area contributed by atoms with Crippen molar-refractivity contribution in [2.45, 2.75) is 6.42 Å². The largest absolute Gasteiger partial charge is 0.489 e. The number of likely N-dealkylation sites (N-methyl/N-ethyl adjacent to an activating group) is 1. The second-order valence-electron chi connectivity index (χ2n) is 5.50. The first-order chi connectivity index (χ1) is 12.1. The maximum absolute atomic E-state index is 13.4. The van der Waals surface area contributed by atoms with E-state index in [4.69, 9.17) is 9.47 Å². The van der Waals surface area contributed by atoms with Crippen LogP contribution in [0.1, 0.15) is 6.42 Å². The molecule has 142 valence electrons. The maximum Gasteiger partial charge on any atom is 0.191 e. The van der Waals surface area contributed by atoms with Crippen LogP contribution in [0.2, 0.25) is 0 Å². The Kier molecular flexibility index (Phi) is 10.5. The summed E-state index contributed by atoms with van der Waals surface area (Å²) < 4.78 is 36.5. The Morgan fingerprint density at radius 1 is 1.16 bits per heavy atom. The quantitative estimate of drug-likeness (QED) is 0.356. The highest BCUT2D eigenvalue weighted by atomic mass is 19.1. The number of ether oxygens (including phenoxy) is 2. The van der Waals surface area contributed by atoms with E-state index in [9.17, 15) is 8.78 Å². The van der Waals surface area contributed by atoms with Crippen LogP contribution in [0.15, 0.2) is 23.2 Å². The Balaban J connectivity index is 2.17. The summed E-state index contributed by atoms with van der Waals surface area (Å²) in [5, 5.41) is 6.27. The topological polar surface area (TPSA) is 58.1 Å². The predicted octanol–water partition coefficient (Wildman–Crippen LogP) is 1.48. The lowest BCUT2D eigenvalue weighted by Gasteiger charge is -2.18. The first-order valence-electron chi connectivity index (χ1n) is 8.26. The molecule has 0 bridgehead atoms. The molecule has 0 aromatic heterocycles. The Morgan fingerprint density at radius 3 is 2.60 bits per heavy atom. The molecule has 8 heteroatoms. The number of nitrogens with one attached hydrogen (secondary N) is 2. The van der Waals surface area contributed by atoms with Crippen LogP contribution in [0.3, 0.4) is 0 Å². The molecule has 0 heterocycles. The van der Waals surface area contributed by atoms with E-state index in [0.717, 1.165) is 44.8 Å². The van der Waals surface area contributed by atoms with E-state index in [1.54, 1.807) is 14.2 Å². The Bertz CT molecular complexity index is 529. The molecule has 0 saturated heterocycles. The van der Waals surface area contributed by atoms with Crippen molar-refractivity contribution in [3.63, 3.8) is 0 Å². The summed E-state index contributed by atoms with van der Waals surface area (Å²) in [4.78, 5) is 6.32. The summed E-state index contributed by atoms with van der Waals surface area (Å²) >= 11 is 0. The fourth-order valence-electron chi connectivity index (χ4n) is 2.10. The van der Waals surface area contributed by atoms with Crippen molar-refractivity contribution in [3.05, 3.63) is 29.8 Å². The maximum atomic E-state index is 13.4. The molecule has 0 aliphatic carbocycles. The van der Waals surface area contributed by atoms with E-state index >= 15 is 0 Å². The summed E-state index contributed by atoms with van der Waals surface area (Å²) in [6.07, 6.45) is 0.997. The Labute approximate surface area is 148 Å². The van der Waals surface area contributed by atoms with Gasteiger partial charge in [-0.1, -0.05) is 0 Å². The highest BCUT2D eigenvalue weighted by Gasteiger charge is 2.05. The molecule has 25 heavy (non-hydrogen) atoms. The average molecular weight is 358 g/mol. The van der Waals surface area contributed by atoms with E-state index in [2.05, 4.69) is 27.6 Å². The summed E-state index contributed by atoms with van der Waals surface area (Å²) in [5.74, 6) is -0.656. The minimum atomic E-state index is -0.709. The van der Waals surface area contributed by atoms with E-state index in [0.29, 0.717) is 12.5 Å². The Morgan fingerprint density at radius 2 is 1.92 bits per heavy atom. The van der Waals surface area contributed by atoms with Crippen LogP contribution in [0.5, 0.6) is 5.75 Å². The minimum Gasteiger partial charge on any atom is -0.489 e. The lowest BCUT2D eigenvalue weighted by molar-refractivity contribution is 0.180. The van der Waals surface area contributed by atoms with Crippen molar-refractivity contribution in [2.24, 2.45) is 4.99 Å². The second kappa shape index (κ2) is 12.4. The number of aliphatic imine (C=N–C) groups is 1. The first-order valence-corrected chi connectivity index (χ1v) is 8.26. The molecule has 0 fully saturated rings. The van der Waals surface area contributed by atoms with Crippen molar-refractivity contribution in [1.82, 2.24) is 15.5 Å². The molecule has 0 spiro atoms. The molecule has 1 aromatic carbocycles. The molecular weight excluding hydrogens is 330 g/mol. The van der Waals surface area contributed by atoms with Crippen molar-refractivity contribution in [2.75, 3.05) is 60.6 Å². The van der Waals surface area contributed by atoms with Gasteiger partial charge >= 0.3 is 0 Å². The number of hydrogen-bond acceptors (Lipinski definition) is 4. The number of hydrogen-bond donors (Lipinski definition) is 2. The monoisotopic (exact) mass is 358 g/mol. The normalized spacial score (nSPS) is 11.7. The van der Waals surface area contributed by atoms with Crippen LogP contribution in [-0.4, -0.2) is 71.5 Å². The van der Waals surface area contributed by atoms with Crippen LogP contribution in [0, 0.1) is 11.6 Å². The number of halogens is 2. The van der Waals surface area contributed by atoms with Crippen LogP contribution in [0.4, 0.5) is 8.78 Å². The molecule has 0 saturated carbocycles. The van der Waals surface area contributed by atoms with Crippen LogP contribution in [-0.2, 0) is 4.74 Å². The van der Waals surface area contributed by atoms with Crippen molar-refractivity contribution >= 4 is 5.96 Å². The second-order valence-corrected chi connectivity index (χ2v) is 5.50. The predicted molar refractivity (Wildman–Crippen MR) is 95.2 cm³/mol. The fourth-order valence-corrected chi connectivity index (χ4v) is 2.10. The highest BCUT2D eigenvalue weighted by Crippen LogP contribution is 2.17. The van der Waals surface area contributed by atoms with Gasteiger partial charge in [0.15, 0.2) is 17.5 Å². The van der Waals surface area contributed by atoms with E-state index in [1.807, 2.05) is 0 Å². The smallest absolute Gasteiger partial charge is 0.191 e. The van der Waals surface area contributed by atoms with Gasteiger partial charge in [-0.25, -0.2) is 8.78 Å². The zero-order chi connectivity index (χ0) is 18.5. The van der Waals surface area contributed by atoms with Gasteiger partial charge in [0, 0.05) is 46.5 Å². The van der Waals surface area contributed by atoms with E-state index < -0.39 is 11.6 Å². The molecule has 0 amide bonds. The van der Waals surface area contributed by atoms with Gasteiger partial charge in [-0.3, -0.25) is 4.99 Å². The van der Waals surface area contributed by atoms with Crippen LogP contribution in [0.25, 0.3) is 0 Å². The third-order valence-electron chi connectivity index (χ3n) is 3.44. The molecular formula is C17H28F2N4O2. The van der Waals surface area contributed by atoms with Gasteiger partial charge in [0.05, 0.1) is 6.54 Å². The third-order valence-corrected chi connectivity index (χ3v) is 3.44. The van der Waals surface area contributed by atoms with E-state index in [1.165, 1.54) is 6.07 Å². The van der Waals surface area contributed by atoms with Crippen LogP contribution < -0.4 is 15.4 Å². The summed E-state index contributed by atoms with van der Waals surface area (Å²) in [6, 6.07) is 3.24. The standard InChI is InChI=1S/C17H28F2N4O2/c1-20-17(21-7-10-23(2)9-4-11-24-3)22-8-12-25-16-6-5-14(18)13-15(16)19/h5-6,13H,4,7-12H2,1-3H3,(H2,20,21,22). The van der Waals surface area contributed by atoms with E-state index in [-0.39, 0.29) is 12.4 Å². The molecule has 2 N–H and O–H groups in total. The van der Waals surface area contributed by atoms with Gasteiger partial charge < -0.3 is 25.0 Å². The highest BCUT2D eigenvalue weighted by molar-refractivity contribution is 5.79. The molecule has 0 unspecified atom stereocenters. The number of benzene rings is 1. The van der Waals surface area contributed by atoms with Crippen molar-refractivity contribution in [3.8, 4) is 5.75 Å². The molecule has 0 aliphatic rings. The zero-order valence-electron chi connectivity index (χ0n) is 15.1. The SMILES string of the molecule is CN=C(NCCOc1ccc(F)cc1F)NCCN(C)CCCOC. The average Bonchev–Trinajstić information content (AvgIpc) is 2.58. The number of methoxy groups -OCH3 is 1. The van der Waals surface area contributed by atoms with Gasteiger partial charge in [0.1, 0.15) is 12.4 Å². The van der Waals surface area contributed by atoms with Gasteiger partial charge in [-0.15, -0.1) is 0 Å². The van der Waals surface area contributed by atoms with Crippen molar-refractivity contribution < 1.29 is 18.3 Å². The molecule has 0 atom stereocenters. The lowest BCUT2D eigenvalue weighted by Crippen LogP contribution is -2.42. The van der Waals surface area contributed by atoms with Gasteiger partial charge in [0.2, 0.25) is 0 Å². The summed E-state index contributed by atoms with van der Waals surface area (Å²) in [7, 11) is 5.43. The van der Waals surface area contributed by atoms with Gasteiger partial charge in [0.25, 0.3) is 0 Å². The molecule has 6 nitrogen and oxygen atoms in total. The molecule has 1 aromatic rings. The number of rotatable bonds is 11. The number of nitrogens with zero attached hydrogens (tertiary/aromatic N) is 2. The van der Waals surface area contributed by atoms with Gasteiger partial charge in [-0.2, -0.15) is 0 Å². The third kappa shape index (κ3) is 9.21. The summed E-state index contributed by atoms with van der Waals surface area (Å²) in [5.41, 5.74) is 0. The zero-order valence-corrected chi connectivity index (χ0v) is 15.1. The number of guanidine groups is 1. The fraction of sp³-hybridized carbons (Fsp3) is 0.588. The molecule has 0 radical (unpaired) electrons. The lowest BCUT2D eigenvalue weighted by atomic mass is 10.3. The Hall–Kier alpha value is -1.93. The first kappa shape index (κ1) is 21.1.